The molecule has 3 rings (SSSR count). The van der Waals surface area contributed by atoms with Crippen molar-refractivity contribution in [1.82, 2.24) is 15.0 Å². The summed E-state index contributed by atoms with van der Waals surface area (Å²) in [5, 5.41) is 4.07. The third-order valence-electron chi connectivity index (χ3n) is 4.60. The van der Waals surface area contributed by atoms with Gasteiger partial charge in [0.2, 0.25) is 15.9 Å². The fourth-order valence-corrected chi connectivity index (χ4v) is 3.79. The molecule has 0 spiro atoms. The molecule has 9 nitrogen and oxygen atoms in total. The van der Waals surface area contributed by atoms with Crippen LogP contribution in [0.1, 0.15) is 56.8 Å². The lowest BCUT2D eigenvalue weighted by Gasteiger charge is -2.32. The van der Waals surface area contributed by atoms with Crippen LogP contribution < -0.4 is 4.72 Å². The summed E-state index contributed by atoms with van der Waals surface area (Å²) >= 11 is 0. The molecule has 1 aliphatic heterocycles. The van der Waals surface area contributed by atoms with E-state index < -0.39 is 15.6 Å². The minimum atomic E-state index is -3.30. The van der Waals surface area contributed by atoms with Gasteiger partial charge in [0.15, 0.2) is 5.82 Å². The molecule has 0 bridgehead atoms. The summed E-state index contributed by atoms with van der Waals surface area (Å²) in [6.45, 7) is 6.74. The van der Waals surface area contributed by atoms with Crippen LogP contribution in [0.15, 0.2) is 28.8 Å². The Morgan fingerprint density at radius 3 is 2.43 bits per heavy atom. The second-order valence-electron chi connectivity index (χ2n) is 8.54. The molecule has 164 valence electrons. The number of sulfonamides is 1. The van der Waals surface area contributed by atoms with Crippen LogP contribution in [-0.2, 0) is 21.2 Å². The van der Waals surface area contributed by atoms with Crippen molar-refractivity contribution in [3.05, 3.63) is 41.5 Å². The molecule has 1 aromatic carbocycles. The van der Waals surface area contributed by atoms with Gasteiger partial charge in [-0.15, -0.1) is 0 Å². The Labute approximate surface area is 176 Å². The molecule has 0 radical (unpaired) electrons. The minimum Gasteiger partial charge on any atom is -0.444 e. The number of anilines is 1. The van der Waals surface area contributed by atoms with Crippen molar-refractivity contribution >= 4 is 21.8 Å². The Bertz CT molecular complexity index is 971. The average molecular weight is 437 g/mol. The first-order valence-electron chi connectivity index (χ1n) is 9.86. The largest absolute Gasteiger partial charge is 0.444 e. The van der Waals surface area contributed by atoms with E-state index in [0.29, 0.717) is 36.9 Å². The van der Waals surface area contributed by atoms with Crippen LogP contribution in [0.5, 0.6) is 0 Å². The summed E-state index contributed by atoms with van der Waals surface area (Å²) < 4.78 is 35.9. The van der Waals surface area contributed by atoms with Crippen molar-refractivity contribution in [1.29, 1.82) is 0 Å². The fourth-order valence-electron chi connectivity index (χ4n) is 3.23. The summed E-state index contributed by atoms with van der Waals surface area (Å²) in [5.74, 6) is 1.28. The van der Waals surface area contributed by atoms with Crippen LogP contribution >= 0.6 is 0 Å². The smallest absolute Gasteiger partial charge is 0.410 e. The normalized spacial score (nSPS) is 15.8. The van der Waals surface area contributed by atoms with Gasteiger partial charge < -0.3 is 14.2 Å². The van der Waals surface area contributed by atoms with Gasteiger partial charge in [-0.1, -0.05) is 17.3 Å². The van der Waals surface area contributed by atoms with Crippen LogP contribution in [0.2, 0.25) is 0 Å². The summed E-state index contributed by atoms with van der Waals surface area (Å²) in [4.78, 5) is 18.4. The summed E-state index contributed by atoms with van der Waals surface area (Å²) in [6.07, 6.45) is 2.79. The number of hydrogen-bond donors (Lipinski definition) is 1. The summed E-state index contributed by atoms with van der Waals surface area (Å²) in [7, 11) is -3.30. The monoisotopic (exact) mass is 436 g/mol. The fraction of sp³-hybridized carbons (Fsp3) is 0.550. The molecule has 0 atom stereocenters. The van der Waals surface area contributed by atoms with E-state index in [4.69, 9.17) is 9.26 Å². The second-order valence-corrected chi connectivity index (χ2v) is 10.3. The average Bonchev–Trinajstić information content (AvgIpc) is 3.09. The van der Waals surface area contributed by atoms with Gasteiger partial charge >= 0.3 is 6.09 Å². The first-order valence-corrected chi connectivity index (χ1v) is 11.7. The first kappa shape index (κ1) is 22.1. The van der Waals surface area contributed by atoms with E-state index in [0.717, 1.165) is 24.7 Å². The molecule has 1 aromatic heterocycles. The van der Waals surface area contributed by atoms with Crippen LogP contribution in [0.4, 0.5) is 10.5 Å². The van der Waals surface area contributed by atoms with Gasteiger partial charge in [0.25, 0.3) is 0 Å². The molecule has 10 heteroatoms. The van der Waals surface area contributed by atoms with E-state index in [-0.39, 0.29) is 12.0 Å². The standard InChI is InChI=1S/C20H28N4O5S/c1-20(2,3)28-19(25)24-11-9-15(10-12-24)18-21-17(22-29-18)13-14-5-7-16(8-6-14)23-30(4,26)27/h5-8,15,23H,9-13H2,1-4H3. The Morgan fingerprint density at radius 2 is 1.87 bits per heavy atom. The number of nitrogens with zero attached hydrogens (tertiary/aromatic N) is 3. The maximum absolute atomic E-state index is 12.2. The molecule has 2 heterocycles. The molecular weight excluding hydrogens is 408 g/mol. The SMILES string of the molecule is CC(C)(C)OC(=O)N1CCC(c2nc(Cc3ccc(NS(C)(=O)=O)cc3)no2)CC1. The van der Waals surface area contributed by atoms with Gasteiger partial charge in [-0.25, -0.2) is 13.2 Å². The van der Waals surface area contributed by atoms with Gasteiger partial charge in [-0.2, -0.15) is 4.98 Å². The lowest BCUT2D eigenvalue weighted by atomic mass is 9.97. The number of benzene rings is 1. The van der Waals surface area contributed by atoms with Crippen LogP contribution in [0.3, 0.4) is 0 Å². The van der Waals surface area contributed by atoms with Gasteiger partial charge in [0.1, 0.15) is 5.60 Å². The third-order valence-corrected chi connectivity index (χ3v) is 5.21. The van der Waals surface area contributed by atoms with Gasteiger partial charge in [-0.3, -0.25) is 4.72 Å². The molecule has 2 aromatic rings. The molecule has 1 saturated heterocycles. The highest BCUT2D eigenvalue weighted by Crippen LogP contribution is 2.28. The van der Waals surface area contributed by atoms with E-state index in [1.807, 2.05) is 32.9 Å². The number of ether oxygens (including phenoxy) is 1. The summed E-state index contributed by atoms with van der Waals surface area (Å²) in [6, 6.07) is 7.04. The molecular formula is C20H28N4O5S. The van der Waals surface area contributed by atoms with Crippen molar-refractivity contribution in [2.24, 2.45) is 0 Å². The quantitative estimate of drug-likeness (QED) is 0.765. The Morgan fingerprint density at radius 1 is 1.23 bits per heavy atom. The number of carbonyl (C=O) groups excluding carboxylic acids is 1. The van der Waals surface area contributed by atoms with Crippen molar-refractivity contribution in [2.45, 2.75) is 51.6 Å². The van der Waals surface area contributed by atoms with Crippen molar-refractivity contribution in [3.8, 4) is 0 Å². The van der Waals surface area contributed by atoms with Crippen LogP contribution in [0.25, 0.3) is 0 Å². The predicted octanol–water partition coefficient (Wildman–Crippen LogP) is 3.15. The molecule has 0 saturated carbocycles. The molecule has 0 aliphatic carbocycles. The van der Waals surface area contributed by atoms with E-state index in [9.17, 15) is 13.2 Å². The molecule has 1 N–H and O–H groups in total. The third kappa shape index (κ3) is 6.45. The number of likely N-dealkylation sites (tertiary alicyclic amines) is 1. The number of rotatable bonds is 5. The van der Waals surface area contributed by atoms with Gasteiger partial charge in [-0.05, 0) is 51.3 Å². The predicted molar refractivity (Wildman–Crippen MR) is 112 cm³/mol. The van der Waals surface area contributed by atoms with Crippen LogP contribution in [0, 0.1) is 0 Å². The van der Waals surface area contributed by atoms with Gasteiger partial charge in [0, 0.05) is 31.1 Å². The van der Waals surface area contributed by atoms with Crippen molar-refractivity contribution in [3.63, 3.8) is 0 Å². The number of aromatic nitrogens is 2. The van der Waals surface area contributed by atoms with E-state index >= 15 is 0 Å². The number of hydrogen-bond acceptors (Lipinski definition) is 7. The zero-order valence-corrected chi connectivity index (χ0v) is 18.5. The number of piperidine rings is 1. The molecule has 1 aliphatic rings. The minimum absolute atomic E-state index is 0.117. The van der Waals surface area contributed by atoms with Gasteiger partial charge in [0.05, 0.1) is 6.26 Å². The Balaban J connectivity index is 1.54. The summed E-state index contributed by atoms with van der Waals surface area (Å²) in [5.41, 5.74) is 0.946. The van der Waals surface area contributed by atoms with Crippen molar-refractivity contribution in [2.75, 3.05) is 24.1 Å². The highest BCUT2D eigenvalue weighted by molar-refractivity contribution is 7.92. The van der Waals surface area contributed by atoms with Crippen LogP contribution in [-0.4, -0.2) is 54.5 Å². The molecule has 30 heavy (non-hydrogen) atoms. The molecule has 1 amide bonds. The topological polar surface area (TPSA) is 115 Å². The first-order chi connectivity index (χ1) is 14.0. The lowest BCUT2D eigenvalue weighted by Crippen LogP contribution is -2.41. The maximum atomic E-state index is 12.2. The zero-order valence-electron chi connectivity index (χ0n) is 17.7. The Kier molecular flexibility index (Phi) is 6.35. The number of nitrogens with one attached hydrogen (secondary N) is 1. The molecule has 0 unspecified atom stereocenters. The highest BCUT2D eigenvalue weighted by atomic mass is 32.2. The van der Waals surface area contributed by atoms with E-state index in [2.05, 4.69) is 14.9 Å². The van der Waals surface area contributed by atoms with E-state index in [1.165, 1.54) is 0 Å². The second kappa shape index (κ2) is 8.63. The van der Waals surface area contributed by atoms with E-state index in [1.54, 1.807) is 17.0 Å². The number of carbonyl (C=O) groups is 1. The lowest BCUT2D eigenvalue weighted by molar-refractivity contribution is 0.0198. The van der Waals surface area contributed by atoms with Crippen molar-refractivity contribution < 1.29 is 22.5 Å². The highest BCUT2D eigenvalue weighted by Gasteiger charge is 2.30. The number of amides is 1. The Hall–Kier alpha value is -2.62. The zero-order chi connectivity index (χ0) is 21.9. The maximum Gasteiger partial charge on any atom is 0.410 e. The molecule has 1 fully saturated rings.